The van der Waals surface area contributed by atoms with Gasteiger partial charge in [0.15, 0.2) is 0 Å². The molecule has 0 saturated carbocycles. The number of rotatable bonds is 4. The maximum atomic E-state index is 9.81. The molecule has 104 valence electrons. The van der Waals surface area contributed by atoms with Crippen LogP contribution in [0, 0.1) is 0 Å². The fourth-order valence-corrected chi connectivity index (χ4v) is 0.632. The van der Waals surface area contributed by atoms with E-state index in [9.17, 15) is 36.6 Å². The SMILES string of the molecule is C=C(C(=O)[O-])S(=O)(=O)O.C=C(C(=O)[O-])S(=O)(=O)O.[Ca+2]. The molecule has 0 radical (unpaired) electrons. The van der Waals surface area contributed by atoms with Crippen molar-refractivity contribution in [3.8, 4) is 0 Å². The topological polar surface area (TPSA) is 189 Å². The Kier molecular flexibility index (Phi) is 10.7. The minimum atomic E-state index is -4.66. The number of carbonyl (C=O) groups is 2. The third-order valence-corrected chi connectivity index (χ3v) is 2.66. The second-order valence-electron chi connectivity index (χ2n) is 2.37. The molecule has 0 aromatic heterocycles. The van der Waals surface area contributed by atoms with Crippen LogP contribution in [0.5, 0.6) is 0 Å². The molecule has 0 fully saturated rings. The van der Waals surface area contributed by atoms with Crippen molar-refractivity contribution in [2.24, 2.45) is 0 Å². The van der Waals surface area contributed by atoms with Gasteiger partial charge in [-0.15, -0.1) is 0 Å². The van der Waals surface area contributed by atoms with Crippen molar-refractivity contribution >= 4 is 69.9 Å². The molecule has 19 heavy (non-hydrogen) atoms. The normalized spacial score (nSPS) is 10.2. The Morgan fingerprint density at radius 3 is 0.947 bits per heavy atom. The van der Waals surface area contributed by atoms with E-state index in [0.717, 1.165) is 0 Å². The quantitative estimate of drug-likeness (QED) is 0.288. The summed E-state index contributed by atoms with van der Waals surface area (Å²) >= 11 is 0. The Balaban J connectivity index is -0.000000256. The molecule has 0 saturated heterocycles. The summed E-state index contributed by atoms with van der Waals surface area (Å²) in [7, 11) is -9.32. The molecular weight excluding hydrogens is 336 g/mol. The predicted molar refractivity (Wildman–Crippen MR) is 57.1 cm³/mol. The van der Waals surface area contributed by atoms with Crippen LogP contribution >= 0.6 is 0 Å². The van der Waals surface area contributed by atoms with E-state index in [-0.39, 0.29) is 37.7 Å². The van der Waals surface area contributed by atoms with Gasteiger partial charge in [0.05, 0.1) is 11.9 Å². The zero-order valence-corrected chi connectivity index (χ0v) is 12.9. The van der Waals surface area contributed by atoms with Crippen LogP contribution in [0.2, 0.25) is 0 Å². The maximum Gasteiger partial charge on any atom is 2.00 e. The zero-order valence-electron chi connectivity index (χ0n) is 9.10. The monoisotopic (exact) mass is 342 g/mol. The van der Waals surface area contributed by atoms with Gasteiger partial charge >= 0.3 is 37.7 Å². The van der Waals surface area contributed by atoms with E-state index >= 15 is 0 Å². The third-order valence-electron chi connectivity index (χ3n) is 1.08. The number of hydrogen-bond acceptors (Lipinski definition) is 8. The van der Waals surface area contributed by atoms with Gasteiger partial charge in [0, 0.05) is 0 Å². The molecule has 0 spiro atoms. The molecule has 0 amide bonds. The van der Waals surface area contributed by atoms with Gasteiger partial charge in [-0.25, -0.2) is 0 Å². The van der Waals surface area contributed by atoms with Crippen LogP contribution in [0.4, 0.5) is 0 Å². The largest absolute Gasteiger partial charge is 2.00 e. The number of carbonyl (C=O) groups excluding carboxylic acids is 2. The summed E-state index contributed by atoms with van der Waals surface area (Å²) < 4.78 is 55.0. The van der Waals surface area contributed by atoms with Crippen molar-refractivity contribution < 1.29 is 45.7 Å². The summed E-state index contributed by atoms with van der Waals surface area (Å²) in [5, 5.41) is 19.2. The first kappa shape index (κ1) is 23.6. The summed E-state index contributed by atoms with van der Waals surface area (Å²) in [6, 6.07) is 0. The molecule has 0 aliphatic carbocycles. The average molecular weight is 342 g/mol. The standard InChI is InChI=1S/2C3H4O5S.Ca/c2*1-2(3(4)5)9(6,7)8;/h2*1H2,(H,4,5)(H,6,7,8);/q;;+2/p-2. The molecule has 0 bridgehead atoms. The van der Waals surface area contributed by atoms with Gasteiger partial charge in [-0.2, -0.15) is 16.8 Å². The van der Waals surface area contributed by atoms with Crippen molar-refractivity contribution in [1.82, 2.24) is 0 Å². The average Bonchev–Trinajstić information content (AvgIpc) is 2.13. The molecule has 13 heteroatoms. The Morgan fingerprint density at radius 1 is 0.789 bits per heavy atom. The van der Waals surface area contributed by atoms with Crippen LogP contribution in [-0.4, -0.2) is 75.6 Å². The molecule has 0 rings (SSSR count). The molecule has 0 heterocycles. The zero-order chi connectivity index (χ0) is 15.3. The number of carboxylic acid groups (broad SMARTS) is 2. The van der Waals surface area contributed by atoms with Crippen molar-refractivity contribution in [2.45, 2.75) is 0 Å². The first-order valence-electron chi connectivity index (χ1n) is 3.46. The van der Waals surface area contributed by atoms with E-state index in [0.29, 0.717) is 0 Å². The van der Waals surface area contributed by atoms with Crippen molar-refractivity contribution in [3.05, 3.63) is 23.0 Å². The summed E-state index contributed by atoms with van der Waals surface area (Å²) in [4.78, 5) is 16.5. The first-order chi connectivity index (χ1) is 7.71. The van der Waals surface area contributed by atoms with Crippen LogP contribution in [-0.2, 0) is 29.8 Å². The van der Waals surface area contributed by atoms with Gasteiger partial charge in [-0.05, 0) is 0 Å². The van der Waals surface area contributed by atoms with Crippen LogP contribution in [0.25, 0.3) is 0 Å². The summed E-state index contributed by atoms with van der Waals surface area (Å²) in [5.41, 5.74) is 0. The van der Waals surface area contributed by atoms with Gasteiger partial charge in [0.1, 0.15) is 9.81 Å². The minimum absolute atomic E-state index is 0. The molecule has 0 aliphatic rings. The molecular formula is C6H6CaO10S2. The van der Waals surface area contributed by atoms with E-state index in [2.05, 4.69) is 13.2 Å². The Labute approximate surface area is 137 Å². The van der Waals surface area contributed by atoms with Crippen molar-refractivity contribution in [1.29, 1.82) is 0 Å². The van der Waals surface area contributed by atoms with E-state index in [4.69, 9.17) is 9.11 Å². The predicted octanol–water partition coefficient (Wildman–Crippen LogP) is -4.11. The molecule has 0 aromatic rings. The second-order valence-corrected chi connectivity index (χ2v) is 5.26. The third kappa shape index (κ3) is 11.1. The Morgan fingerprint density at radius 2 is 0.947 bits per heavy atom. The summed E-state index contributed by atoms with van der Waals surface area (Å²) in [6.45, 7) is 5.05. The molecule has 0 aliphatic heterocycles. The number of aliphatic carboxylic acids is 2. The fraction of sp³-hybridized carbons (Fsp3) is 0. The van der Waals surface area contributed by atoms with Gasteiger partial charge in [-0.1, -0.05) is 13.2 Å². The van der Waals surface area contributed by atoms with E-state index in [1.807, 2.05) is 0 Å². The van der Waals surface area contributed by atoms with Gasteiger partial charge in [0.25, 0.3) is 20.2 Å². The van der Waals surface area contributed by atoms with Crippen molar-refractivity contribution in [3.63, 3.8) is 0 Å². The van der Waals surface area contributed by atoms with Crippen LogP contribution in [0.3, 0.4) is 0 Å². The fourth-order valence-electron chi connectivity index (χ4n) is 0.211. The van der Waals surface area contributed by atoms with Crippen LogP contribution in [0.1, 0.15) is 0 Å². The van der Waals surface area contributed by atoms with Gasteiger partial charge < -0.3 is 19.8 Å². The smallest absolute Gasteiger partial charge is 0.544 e. The number of carboxylic acids is 2. The maximum absolute atomic E-state index is 9.81. The van der Waals surface area contributed by atoms with E-state index in [1.165, 1.54) is 0 Å². The van der Waals surface area contributed by atoms with Gasteiger partial charge in [0.2, 0.25) is 0 Å². The number of hydrogen-bond donors (Lipinski definition) is 2. The Bertz CT molecular complexity index is 530. The second kappa shape index (κ2) is 8.63. The van der Waals surface area contributed by atoms with Crippen LogP contribution in [0.15, 0.2) is 23.0 Å². The summed E-state index contributed by atoms with van der Waals surface area (Å²) in [6.07, 6.45) is 0. The Hall–Kier alpha value is -0.500. The minimum Gasteiger partial charge on any atom is -0.544 e. The summed E-state index contributed by atoms with van der Waals surface area (Å²) in [5.74, 6) is -4.00. The molecule has 0 aromatic carbocycles. The first-order valence-corrected chi connectivity index (χ1v) is 6.34. The van der Waals surface area contributed by atoms with Crippen LogP contribution < -0.4 is 10.2 Å². The molecule has 0 atom stereocenters. The van der Waals surface area contributed by atoms with E-state index < -0.39 is 42.0 Å². The molecule has 2 N–H and O–H groups in total. The molecule has 10 nitrogen and oxygen atoms in total. The van der Waals surface area contributed by atoms with Gasteiger partial charge in [-0.3, -0.25) is 9.11 Å². The molecule has 0 unspecified atom stereocenters. The van der Waals surface area contributed by atoms with Crippen molar-refractivity contribution in [2.75, 3.05) is 0 Å². The van der Waals surface area contributed by atoms with E-state index in [1.54, 1.807) is 0 Å².